The van der Waals surface area contributed by atoms with Crippen LogP contribution in [0.3, 0.4) is 0 Å². The summed E-state index contributed by atoms with van der Waals surface area (Å²) in [4.78, 5) is 0. The van der Waals surface area contributed by atoms with E-state index in [0.717, 1.165) is 0 Å². The topological polar surface area (TPSA) is 52.5 Å². The fourth-order valence-electron chi connectivity index (χ4n) is 0.651. The molecule has 0 aromatic rings. The SMILES string of the molecule is Cl.OC1CNCC1O. The normalized spacial score (nSPS) is 36.8. The average Bonchev–Trinajstić information content (AvgIpc) is 1.91. The van der Waals surface area contributed by atoms with Gasteiger partial charge in [0, 0.05) is 13.1 Å². The van der Waals surface area contributed by atoms with E-state index in [-0.39, 0.29) is 12.4 Å². The van der Waals surface area contributed by atoms with E-state index in [0.29, 0.717) is 13.1 Å². The minimum Gasteiger partial charge on any atom is -0.389 e. The van der Waals surface area contributed by atoms with Gasteiger partial charge in [-0.1, -0.05) is 0 Å². The molecular weight excluding hydrogens is 130 g/mol. The molecule has 0 radical (unpaired) electrons. The van der Waals surface area contributed by atoms with Gasteiger partial charge >= 0.3 is 0 Å². The number of hydrogen-bond acceptors (Lipinski definition) is 3. The molecule has 1 heterocycles. The monoisotopic (exact) mass is 139 g/mol. The van der Waals surface area contributed by atoms with Crippen LogP contribution in [0.1, 0.15) is 0 Å². The molecule has 4 heteroatoms. The minimum absolute atomic E-state index is 0. The molecule has 1 saturated heterocycles. The van der Waals surface area contributed by atoms with Crippen molar-refractivity contribution in [3.63, 3.8) is 0 Å². The predicted octanol–water partition coefficient (Wildman–Crippen LogP) is -1.27. The zero-order valence-electron chi connectivity index (χ0n) is 4.37. The van der Waals surface area contributed by atoms with E-state index in [9.17, 15) is 0 Å². The van der Waals surface area contributed by atoms with E-state index < -0.39 is 12.2 Å². The van der Waals surface area contributed by atoms with Crippen molar-refractivity contribution in [2.24, 2.45) is 0 Å². The molecular formula is C4H10ClNO2. The van der Waals surface area contributed by atoms with Gasteiger partial charge in [0.2, 0.25) is 0 Å². The number of rotatable bonds is 0. The maximum atomic E-state index is 8.69. The van der Waals surface area contributed by atoms with Gasteiger partial charge in [0.25, 0.3) is 0 Å². The fraction of sp³-hybridized carbons (Fsp3) is 1.00. The summed E-state index contributed by atoms with van der Waals surface area (Å²) in [6, 6.07) is 0. The largest absolute Gasteiger partial charge is 0.389 e. The van der Waals surface area contributed by atoms with E-state index in [1.54, 1.807) is 0 Å². The summed E-state index contributed by atoms with van der Waals surface area (Å²) in [7, 11) is 0. The summed E-state index contributed by atoms with van der Waals surface area (Å²) >= 11 is 0. The second kappa shape index (κ2) is 3.25. The summed E-state index contributed by atoms with van der Waals surface area (Å²) in [5.41, 5.74) is 0. The summed E-state index contributed by atoms with van der Waals surface area (Å²) < 4.78 is 0. The Kier molecular flexibility index (Phi) is 3.31. The first-order chi connectivity index (χ1) is 3.30. The highest BCUT2D eigenvalue weighted by molar-refractivity contribution is 5.85. The van der Waals surface area contributed by atoms with E-state index in [1.165, 1.54) is 0 Å². The lowest BCUT2D eigenvalue weighted by atomic mass is 10.3. The van der Waals surface area contributed by atoms with E-state index in [4.69, 9.17) is 10.2 Å². The zero-order valence-corrected chi connectivity index (χ0v) is 5.19. The summed E-state index contributed by atoms with van der Waals surface area (Å²) in [5.74, 6) is 0. The Balaban J connectivity index is 0.000000490. The van der Waals surface area contributed by atoms with Crippen molar-refractivity contribution in [2.45, 2.75) is 12.2 Å². The molecule has 1 rings (SSSR count). The van der Waals surface area contributed by atoms with Gasteiger partial charge in [0.05, 0.1) is 12.2 Å². The Labute approximate surface area is 54.1 Å². The molecule has 8 heavy (non-hydrogen) atoms. The van der Waals surface area contributed by atoms with Gasteiger partial charge in [0.15, 0.2) is 0 Å². The molecule has 1 fully saturated rings. The van der Waals surface area contributed by atoms with Gasteiger partial charge in [0.1, 0.15) is 0 Å². The highest BCUT2D eigenvalue weighted by Gasteiger charge is 2.21. The van der Waals surface area contributed by atoms with Crippen molar-refractivity contribution < 1.29 is 10.2 Å². The summed E-state index contributed by atoms with van der Waals surface area (Å²) in [5, 5.41) is 20.2. The van der Waals surface area contributed by atoms with Gasteiger partial charge in [-0.3, -0.25) is 0 Å². The molecule has 1 aliphatic rings. The molecule has 3 nitrogen and oxygen atoms in total. The van der Waals surface area contributed by atoms with Crippen molar-refractivity contribution in [2.75, 3.05) is 13.1 Å². The maximum Gasteiger partial charge on any atom is 0.0935 e. The molecule has 0 spiro atoms. The smallest absolute Gasteiger partial charge is 0.0935 e. The molecule has 0 aliphatic carbocycles. The maximum absolute atomic E-state index is 8.69. The lowest BCUT2D eigenvalue weighted by Crippen LogP contribution is -2.22. The number of halogens is 1. The molecule has 0 amide bonds. The second-order valence-corrected chi connectivity index (χ2v) is 1.79. The van der Waals surface area contributed by atoms with Crippen LogP contribution in [-0.4, -0.2) is 35.5 Å². The van der Waals surface area contributed by atoms with Crippen LogP contribution in [0.25, 0.3) is 0 Å². The van der Waals surface area contributed by atoms with Crippen molar-refractivity contribution in [1.82, 2.24) is 5.32 Å². The van der Waals surface area contributed by atoms with Crippen molar-refractivity contribution in [3.8, 4) is 0 Å². The van der Waals surface area contributed by atoms with Crippen LogP contribution in [0.15, 0.2) is 0 Å². The van der Waals surface area contributed by atoms with Crippen LogP contribution >= 0.6 is 12.4 Å². The minimum atomic E-state index is -0.542. The van der Waals surface area contributed by atoms with Gasteiger partial charge in [-0.25, -0.2) is 0 Å². The Bertz CT molecular complexity index is 63.1. The molecule has 1 aliphatic heterocycles. The number of hydrogen-bond donors (Lipinski definition) is 3. The Morgan fingerprint density at radius 2 is 1.50 bits per heavy atom. The lowest BCUT2D eigenvalue weighted by Gasteiger charge is -2.01. The third kappa shape index (κ3) is 1.59. The first-order valence-corrected chi connectivity index (χ1v) is 2.37. The number of aliphatic hydroxyl groups is 2. The second-order valence-electron chi connectivity index (χ2n) is 1.79. The van der Waals surface area contributed by atoms with Crippen LogP contribution in [0.4, 0.5) is 0 Å². The lowest BCUT2D eigenvalue weighted by molar-refractivity contribution is 0.0572. The Hall–Kier alpha value is 0.170. The average molecular weight is 140 g/mol. The third-order valence-electron chi connectivity index (χ3n) is 1.15. The highest BCUT2D eigenvalue weighted by Crippen LogP contribution is 1.96. The molecule has 0 aromatic heterocycles. The van der Waals surface area contributed by atoms with Gasteiger partial charge in [-0.15, -0.1) is 12.4 Å². The van der Waals surface area contributed by atoms with Crippen molar-refractivity contribution >= 4 is 12.4 Å². The van der Waals surface area contributed by atoms with Crippen LogP contribution in [0.2, 0.25) is 0 Å². The Morgan fingerprint density at radius 3 is 1.62 bits per heavy atom. The molecule has 0 aromatic carbocycles. The first kappa shape index (κ1) is 8.17. The van der Waals surface area contributed by atoms with Crippen LogP contribution in [0.5, 0.6) is 0 Å². The molecule has 0 saturated carbocycles. The number of β-amino-alcohol motifs (C(OH)–C–C–N with tert-alkyl or cyclic N) is 2. The standard InChI is InChI=1S/C4H9NO2.ClH/c6-3-1-5-2-4(3)7;/h3-7H,1-2H2;1H. The molecule has 2 unspecified atom stereocenters. The van der Waals surface area contributed by atoms with Crippen molar-refractivity contribution in [3.05, 3.63) is 0 Å². The quantitative estimate of drug-likeness (QED) is 0.393. The van der Waals surface area contributed by atoms with E-state index in [1.807, 2.05) is 0 Å². The molecule has 50 valence electrons. The summed E-state index contributed by atoms with van der Waals surface area (Å²) in [6.45, 7) is 1.06. The number of nitrogens with one attached hydrogen (secondary N) is 1. The number of aliphatic hydroxyl groups excluding tert-OH is 2. The zero-order chi connectivity index (χ0) is 5.28. The van der Waals surface area contributed by atoms with Crippen molar-refractivity contribution in [1.29, 1.82) is 0 Å². The van der Waals surface area contributed by atoms with Crippen LogP contribution in [-0.2, 0) is 0 Å². The first-order valence-electron chi connectivity index (χ1n) is 2.37. The van der Waals surface area contributed by atoms with Crippen LogP contribution in [0, 0.1) is 0 Å². The van der Waals surface area contributed by atoms with Gasteiger partial charge in [-0.05, 0) is 0 Å². The molecule has 3 N–H and O–H groups in total. The molecule has 0 bridgehead atoms. The summed E-state index contributed by atoms with van der Waals surface area (Å²) in [6.07, 6.45) is -1.08. The third-order valence-corrected chi connectivity index (χ3v) is 1.15. The van der Waals surface area contributed by atoms with Gasteiger partial charge < -0.3 is 15.5 Å². The van der Waals surface area contributed by atoms with Gasteiger partial charge in [-0.2, -0.15) is 0 Å². The molecule has 2 atom stereocenters. The van der Waals surface area contributed by atoms with E-state index >= 15 is 0 Å². The predicted molar refractivity (Wildman–Crippen MR) is 32.1 cm³/mol. The van der Waals surface area contributed by atoms with E-state index in [2.05, 4.69) is 5.32 Å². The van der Waals surface area contributed by atoms with Crippen LogP contribution < -0.4 is 5.32 Å². The highest BCUT2D eigenvalue weighted by atomic mass is 35.5. The fourth-order valence-corrected chi connectivity index (χ4v) is 0.651. The Morgan fingerprint density at radius 1 is 1.12 bits per heavy atom.